The highest BCUT2D eigenvalue weighted by molar-refractivity contribution is 7.14. The molecule has 0 fully saturated rings. The van der Waals surface area contributed by atoms with Gasteiger partial charge < -0.3 is 5.32 Å². The summed E-state index contributed by atoms with van der Waals surface area (Å²) in [6.07, 6.45) is 4.69. The summed E-state index contributed by atoms with van der Waals surface area (Å²) in [5.74, 6) is -0.00115. The van der Waals surface area contributed by atoms with E-state index in [0.717, 1.165) is 23.3 Å². The minimum Gasteiger partial charge on any atom is -0.347 e. The standard InChI is InChI=1S/C17H16N2OS/c18-10-12-5-7-13(8-6-12)11-19-17(20)16-9-14-3-1-2-4-15(14)21-16/h5-9H,1-4,11H2,(H,19,20). The number of fused-ring (bicyclic) bond motifs is 1. The lowest BCUT2D eigenvalue weighted by Gasteiger charge is -2.08. The van der Waals surface area contributed by atoms with Gasteiger partial charge in [-0.2, -0.15) is 5.26 Å². The number of aryl methyl sites for hydroxylation is 2. The average Bonchev–Trinajstić information content (AvgIpc) is 2.97. The molecule has 1 heterocycles. The minimum absolute atomic E-state index is 0.00115. The molecule has 0 radical (unpaired) electrons. The molecular weight excluding hydrogens is 280 g/mol. The Morgan fingerprint density at radius 3 is 2.71 bits per heavy atom. The van der Waals surface area contributed by atoms with E-state index in [1.54, 1.807) is 23.5 Å². The Bertz CT molecular complexity index is 671. The quantitative estimate of drug-likeness (QED) is 0.943. The fourth-order valence-corrected chi connectivity index (χ4v) is 3.74. The number of thiophene rings is 1. The fourth-order valence-electron chi connectivity index (χ4n) is 2.57. The van der Waals surface area contributed by atoms with E-state index in [1.807, 2.05) is 18.2 Å². The summed E-state index contributed by atoms with van der Waals surface area (Å²) in [4.78, 5) is 14.4. The molecule has 4 heteroatoms. The molecule has 1 aliphatic carbocycles. The first-order valence-corrected chi connectivity index (χ1v) is 7.97. The van der Waals surface area contributed by atoms with Crippen molar-refractivity contribution in [3.05, 3.63) is 56.8 Å². The summed E-state index contributed by atoms with van der Waals surface area (Å²) in [5, 5.41) is 11.7. The zero-order valence-corrected chi connectivity index (χ0v) is 12.5. The number of hydrogen-bond acceptors (Lipinski definition) is 3. The van der Waals surface area contributed by atoms with Crippen LogP contribution in [0.5, 0.6) is 0 Å². The number of rotatable bonds is 3. The van der Waals surface area contributed by atoms with E-state index < -0.39 is 0 Å². The molecule has 3 nitrogen and oxygen atoms in total. The van der Waals surface area contributed by atoms with Crippen molar-refractivity contribution in [3.8, 4) is 6.07 Å². The van der Waals surface area contributed by atoms with Crippen molar-refractivity contribution < 1.29 is 4.79 Å². The highest BCUT2D eigenvalue weighted by Crippen LogP contribution is 2.29. The number of nitrogens with one attached hydrogen (secondary N) is 1. The fraction of sp³-hybridized carbons (Fsp3) is 0.294. The van der Waals surface area contributed by atoms with E-state index in [-0.39, 0.29) is 5.91 Å². The van der Waals surface area contributed by atoms with E-state index in [0.29, 0.717) is 12.1 Å². The summed E-state index contributed by atoms with van der Waals surface area (Å²) in [6, 6.07) is 11.4. The van der Waals surface area contributed by atoms with E-state index >= 15 is 0 Å². The monoisotopic (exact) mass is 296 g/mol. The third-order valence-corrected chi connectivity index (χ3v) is 4.99. The van der Waals surface area contributed by atoms with Crippen LogP contribution < -0.4 is 5.32 Å². The van der Waals surface area contributed by atoms with Gasteiger partial charge in [-0.15, -0.1) is 11.3 Å². The van der Waals surface area contributed by atoms with Crippen LogP contribution in [-0.4, -0.2) is 5.91 Å². The van der Waals surface area contributed by atoms with Gasteiger partial charge in [-0.3, -0.25) is 4.79 Å². The van der Waals surface area contributed by atoms with Crippen molar-refractivity contribution >= 4 is 17.2 Å². The van der Waals surface area contributed by atoms with Crippen LogP contribution in [-0.2, 0) is 19.4 Å². The third-order valence-electron chi connectivity index (χ3n) is 3.76. The van der Waals surface area contributed by atoms with Crippen LogP contribution >= 0.6 is 11.3 Å². The lowest BCUT2D eigenvalue weighted by molar-refractivity contribution is 0.0955. The second-order valence-electron chi connectivity index (χ2n) is 5.26. The Hall–Kier alpha value is -2.12. The summed E-state index contributed by atoms with van der Waals surface area (Å²) >= 11 is 1.63. The summed E-state index contributed by atoms with van der Waals surface area (Å²) in [5.41, 5.74) is 2.99. The van der Waals surface area contributed by atoms with Crippen LogP contribution in [0.4, 0.5) is 0 Å². The van der Waals surface area contributed by atoms with Crippen molar-refractivity contribution in [3.63, 3.8) is 0 Å². The van der Waals surface area contributed by atoms with Gasteiger partial charge in [0.05, 0.1) is 16.5 Å². The van der Waals surface area contributed by atoms with E-state index in [1.165, 1.54) is 23.3 Å². The summed E-state index contributed by atoms with van der Waals surface area (Å²) in [6.45, 7) is 0.493. The van der Waals surface area contributed by atoms with Crippen molar-refractivity contribution in [2.45, 2.75) is 32.2 Å². The molecule has 0 atom stereocenters. The number of hydrogen-bond donors (Lipinski definition) is 1. The molecule has 1 N–H and O–H groups in total. The van der Waals surface area contributed by atoms with Gasteiger partial charge in [0.2, 0.25) is 0 Å². The zero-order chi connectivity index (χ0) is 14.7. The van der Waals surface area contributed by atoms with Crippen LogP contribution in [0.2, 0.25) is 0 Å². The Morgan fingerprint density at radius 1 is 1.24 bits per heavy atom. The molecule has 21 heavy (non-hydrogen) atoms. The van der Waals surface area contributed by atoms with Crippen LogP contribution in [0.25, 0.3) is 0 Å². The van der Waals surface area contributed by atoms with Gasteiger partial charge in [-0.1, -0.05) is 12.1 Å². The lowest BCUT2D eigenvalue weighted by Crippen LogP contribution is -2.21. The molecule has 1 aliphatic rings. The van der Waals surface area contributed by atoms with Gasteiger partial charge in [0, 0.05) is 11.4 Å². The number of nitriles is 1. The Labute approximate surface area is 128 Å². The molecule has 1 aromatic carbocycles. The first-order valence-electron chi connectivity index (χ1n) is 7.15. The van der Waals surface area contributed by atoms with Gasteiger partial charge in [0.15, 0.2) is 0 Å². The largest absolute Gasteiger partial charge is 0.347 e. The van der Waals surface area contributed by atoms with Crippen molar-refractivity contribution in [2.75, 3.05) is 0 Å². The van der Waals surface area contributed by atoms with Gasteiger partial charge in [-0.05, 0) is 55.0 Å². The van der Waals surface area contributed by atoms with Crippen LogP contribution in [0.3, 0.4) is 0 Å². The highest BCUT2D eigenvalue weighted by atomic mass is 32.1. The maximum absolute atomic E-state index is 12.2. The Balaban J connectivity index is 1.63. The average molecular weight is 296 g/mol. The topological polar surface area (TPSA) is 52.9 Å². The number of carbonyl (C=O) groups excluding carboxylic acids is 1. The summed E-state index contributed by atoms with van der Waals surface area (Å²) in [7, 11) is 0. The van der Waals surface area contributed by atoms with Gasteiger partial charge in [0.1, 0.15) is 0 Å². The SMILES string of the molecule is N#Cc1ccc(CNC(=O)c2cc3c(s2)CCCC3)cc1. The van der Waals surface area contributed by atoms with E-state index in [4.69, 9.17) is 5.26 Å². The smallest absolute Gasteiger partial charge is 0.261 e. The predicted octanol–water partition coefficient (Wildman–Crippen LogP) is 3.43. The zero-order valence-electron chi connectivity index (χ0n) is 11.7. The number of amides is 1. The van der Waals surface area contributed by atoms with Gasteiger partial charge in [-0.25, -0.2) is 0 Å². The molecule has 0 bridgehead atoms. The predicted molar refractivity (Wildman–Crippen MR) is 83.3 cm³/mol. The number of nitrogens with zero attached hydrogens (tertiary/aromatic N) is 1. The molecule has 0 spiro atoms. The van der Waals surface area contributed by atoms with Crippen molar-refractivity contribution in [1.82, 2.24) is 5.32 Å². The van der Waals surface area contributed by atoms with Crippen LogP contribution in [0.15, 0.2) is 30.3 Å². The molecule has 1 aromatic heterocycles. The molecule has 3 rings (SSSR count). The highest BCUT2D eigenvalue weighted by Gasteiger charge is 2.16. The second kappa shape index (κ2) is 6.11. The molecule has 1 amide bonds. The molecule has 2 aromatic rings. The first-order chi connectivity index (χ1) is 10.3. The summed E-state index contributed by atoms with van der Waals surface area (Å²) < 4.78 is 0. The normalized spacial score (nSPS) is 13.3. The van der Waals surface area contributed by atoms with E-state index in [2.05, 4.69) is 11.4 Å². The molecule has 0 saturated heterocycles. The molecule has 0 saturated carbocycles. The number of benzene rings is 1. The maximum atomic E-state index is 12.2. The second-order valence-corrected chi connectivity index (χ2v) is 6.39. The maximum Gasteiger partial charge on any atom is 0.261 e. The van der Waals surface area contributed by atoms with Crippen LogP contribution in [0, 0.1) is 11.3 Å². The van der Waals surface area contributed by atoms with Gasteiger partial charge >= 0.3 is 0 Å². The molecule has 0 unspecified atom stereocenters. The number of carbonyl (C=O) groups is 1. The van der Waals surface area contributed by atoms with Gasteiger partial charge in [0.25, 0.3) is 5.91 Å². The Kier molecular flexibility index (Phi) is 4.03. The van der Waals surface area contributed by atoms with Crippen molar-refractivity contribution in [1.29, 1.82) is 5.26 Å². The molecule has 106 valence electrons. The first kappa shape index (κ1) is 13.8. The van der Waals surface area contributed by atoms with E-state index in [9.17, 15) is 4.79 Å². The van der Waals surface area contributed by atoms with Crippen LogP contribution in [0.1, 0.15) is 44.1 Å². The molecular formula is C17H16N2OS. The van der Waals surface area contributed by atoms with Crippen molar-refractivity contribution in [2.24, 2.45) is 0 Å². The lowest BCUT2D eigenvalue weighted by atomic mass is 9.99. The third kappa shape index (κ3) is 3.14. The molecule has 0 aliphatic heterocycles. The Morgan fingerprint density at radius 2 is 2.00 bits per heavy atom. The minimum atomic E-state index is -0.00115.